The highest BCUT2D eigenvalue weighted by Crippen LogP contribution is 2.32. The van der Waals surface area contributed by atoms with E-state index in [-0.39, 0.29) is 24.4 Å². The maximum absolute atomic E-state index is 12.6. The van der Waals surface area contributed by atoms with Gasteiger partial charge in [-0.15, -0.1) is 0 Å². The Hall–Kier alpha value is -3.28. The van der Waals surface area contributed by atoms with Crippen LogP contribution in [0, 0.1) is 0 Å². The second kappa shape index (κ2) is 8.82. The first-order chi connectivity index (χ1) is 14.0. The molecule has 0 bridgehead atoms. The summed E-state index contributed by atoms with van der Waals surface area (Å²) in [4.78, 5) is 26.6. The number of rotatable bonds is 8. The molecule has 6 nitrogen and oxygen atoms in total. The zero-order valence-corrected chi connectivity index (χ0v) is 17.0. The van der Waals surface area contributed by atoms with Crippen LogP contribution in [0.5, 0.6) is 11.5 Å². The standard InChI is InChI=1S/C23H26N2O4/c1-5-28-20-12-11-17(13-21(20)29-6-2)15(3)24-22(26)14-25-16(4)18-9-7-8-10-19(18)23(25)27/h7-13,15H,4-6,14H2,1-3H3,(H,24,26)/t15-/m1/s1. The van der Waals surface area contributed by atoms with Crippen molar-refractivity contribution in [2.24, 2.45) is 0 Å². The molecule has 1 N–H and O–H groups in total. The van der Waals surface area contributed by atoms with Gasteiger partial charge in [0.05, 0.1) is 19.3 Å². The van der Waals surface area contributed by atoms with Gasteiger partial charge in [0.25, 0.3) is 5.91 Å². The van der Waals surface area contributed by atoms with Gasteiger partial charge >= 0.3 is 0 Å². The van der Waals surface area contributed by atoms with Gasteiger partial charge in [-0.1, -0.05) is 30.8 Å². The number of carbonyl (C=O) groups is 2. The smallest absolute Gasteiger partial charge is 0.259 e. The Kier molecular flexibility index (Phi) is 6.22. The minimum atomic E-state index is -0.259. The molecule has 0 saturated carbocycles. The zero-order chi connectivity index (χ0) is 21.0. The molecule has 1 aliphatic heterocycles. The number of ether oxygens (including phenoxy) is 2. The number of hydrogen-bond donors (Lipinski definition) is 1. The number of amides is 2. The number of nitrogens with zero attached hydrogens (tertiary/aromatic N) is 1. The van der Waals surface area contributed by atoms with Crippen molar-refractivity contribution in [3.05, 3.63) is 65.7 Å². The Balaban J connectivity index is 1.68. The van der Waals surface area contributed by atoms with Gasteiger partial charge in [-0.05, 0) is 44.5 Å². The molecule has 0 aliphatic carbocycles. The van der Waals surface area contributed by atoms with Crippen LogP contribution < -0.4 is 14.8 Å². The minimum Gasteiger partial charge on any atom is -0.490 e. The SMILES string of the molecule is C=C1c2ccccc2C(=O)N1CC(=O)N[C@H](C)c1ccc(OCC)c(OCC)c1. The lowest BCUT2D eigenvalue weighted by molar-refractivity contribution is -0.121. The van der Waals surface area contributed by atoms with Gasteiger partial charge in [-0.3, -0.25) is 14.5 Å². The summed E-state index contributed by atoms with van der Waals surface area (Å²) in [5, 5.41) is 2.94. The van der Waals surface area contributed by atoms with Crippen molar-refractivity contribution in [2.45, 2.75) is 26.8 Å². The lowest BCUT2D eigenvalue weighted by Crippen LogP contribution is -2.37. The summed E-state index contributed by atoms with van der Waals surface area (Å²) in [7, 11) is 0. The molecule has 2 amide bonds. The Morgan fingerprint density at radius 3 is 2.38 bits per heavy atom. The predicted octanol–water partition coefficient (Wildman–Crippen LogP) is 3.79. The van der Waals surface area contributed by atoms with E-state index in [2.05, 4.69) is 11.9 Å². The molecule has 1 atom stereocenters. The van der Waals surface area contributed by atoms with Gasteiger partial charge in [0.2, 0.25) is 5.91 Å². The maximum atomic E-state index is 12.6. The second-order valence-electron chi connectivity index (χ2n) is 6.74. The lowest BCUT2D eigenvalue weighted by Gasteiger charge is -2.20. The average molecular weight is 394 g/mol. The van der Waals surface area contributed by atoms with E-state index in [9.17, 15) is 9.59 Å². The van der Waals surface area contributed by atoms with E-state index < -0.39 is 0 Å². The first kappa shape index (κ1) is 20.5. The van der Waals surface area contributed by atoms with Crippen LogP contribution in [0.1, 0.15) is 48.3 Å². The molecule has 6 heteroatoms. The first-order valence-electron chi connectivity index (χ1n) is 9.75. The molecule has 0 aromatic heterocycles. The average Bonchev–Trinajstić information content (AvgIpc) is 2.95. The zero-order valence-electron chi connectivity index (χ0n) is 17.0. The Bertz CT molecular complexity index is 903. The molecular formula is C23H26N2O4. The van der Waals surface area contributed by atoms with Gasteiger partial charge in [0.15, 0.2) is 11.5 Å². The van der Waals surface area contributed by atoms with E-state index in [0.29, 0.717) is 36.0 Å². The highest BCUT2D eigenvalue weighted by molar-refractivity contribution is 6.10. The number of nitrogens with one attached hydrogen (secondary N) is 1. The molecule has 0 unspecified atom stereocenters. The summed E-state index contributed by atoms with van der Waals surface area (Å²) in [5.74, 6) is 0.861. The van der Waals surface area contributed by atoms with Gasteiger partial charge in [-0.2, -0.15) is 0 Å². The van der Waals surface area contributed by atoms with Crippen LogP contribution in [0.25, 0.3) is 5.70 Å². The predicted molar refractivity (Wildman–Crippen MR) is 112 cm³/mol. The van der Waals surface area contributed by atoms with Crippen molar-refractivity contribution in [1.82, 2.24) is 10.2 Å². The minimum absolute atomic E-state index is 0.0773. The number of hydrogen-bond acceptors (Lipinski definition) is 4. The van der Waals surface area contributed by atoms with E-state index in [1.165, 1.54) is 4.90 Å². The monoisotopic (exact) mass is 394 g/mol. The van der Waals surface area contributed by atoms with Crippen LogP contribution >= 0.6 is 0 Å². The fraction of sp³-hybridized carbons (Fsp3) is 0.304. The number of carbonyl (C=O) groups excluding carboxylic acids is 2. The van der Waals surface area contributed by atoms with Crippen LogP contribution in [-0.2, 0) is 4.79 Å². The van der Waals surface area contributed by atoms with Crippen LogP contribution in [0.2, 0.25) is 0 Å². The van der Waals surface area contributed by atoms with E-state index in [1.54, 1.807) is 12.1 Å². The van der Waals surface area contributed by atoms with Crippen molar-refractivity contribution >= 4 is 17.5 Å². The summed E-state index contributed by atoms with van der Waals surface area (Å²) in [6.45, 7) is 10.7. The molecule has 0 radical (unpaired) electrons. The number of benzene rings is 2. The van der Waals surface area contributed by atoms with Crippen molar-refractivity contribution in [1.29, 1.82) is 0 Å². The highest BCUT2D eigenvalue weighted by atomic mass is 16.5. The third kappa shape index (κ3) is 4.26. The van der Waals surface area contributed by atoms with Crippen LogP contribution in [-0.4, -0.2) is 36.5 Å². The molecule has 0 fully saturated rings. The summed E-state index contributed by atoms with van der Waals surface area (Å²) < 4.78 is 11.2. The van der Waals surface area contributed by atoms with E-state index >= 15 is 0 Å². The molecule has 2 aromatic carbocycles. The molecule has 29 heavy (non-hydrogen) atoms. The fourth-order valence-corrected chi connectivity index (χ4v) is 3.35. The third-order valence-electron chi connectivity index (χ3n) is 4.79. The van der Waals surface area contributed by atoms with Crippen LogP contribution in [0.15, 0.2) is 49.0 Å². The quantitative estimate of drug-likeness (QED) is 0.740. The third-order valence-corrected chi connectivity index (χ3v) is 4.79. The van der Waals surface area contributed by atoms with Crippen molar-refractivity contribution in [3.63, 3.8) is 0 Å². The van der Waals surface area contributed by atoms with Gasteiger partial charge < -0.3 is 14.8 Å². The number of fused-ring (bicyclic) bond motifs is 1. The molecule has 3 rings (SSSR count). The maximum Gasteiger partial charge on any atom is 0.259 e. The van der Waals surface area contributed by atoms with Crippen LogP contribution in [0.4, 0.5) is 0 Å². The molecule has 1 aliphatic rings. The van der Waals surface area contributed by atoms with Crippen molar-refractivity contribution in [2.75, 3.05) is 19.8 Å². The van der Waals surface area contributed by atoms with Gasteiger partial charge in [-0.25, -0.2) is 0 Å². The van der Waals surface area contributed by atoms with E-state index in [1.807, 2.05) is 51.1 Å². The van der Waals surface area contributed by atoms with Gasteiger partial charge in [0, 0.05) is 16.8 Å². The molecule has 0 saturated heterocycles. The van der Waals surface area contributed by atoms with E-state index in [4.69, 9.17) is 9.47 Å². The second-order valence-corrected chi connectivity index (χ2v) is 6.74. The summed E-state index contributed by atoms with van der Waals surface area (Å²) >= 11 is 0. The molecule has 152 valence electrons. The summed E-state index contributed by atoms with van der Waals surface area (Å²) in [6.07, 6.45) is 0. The van der Waals surface area contributed by atoms with E-state index in [0.717, 1.165) is 11.1 Å². The molecule has 1 heterocycles. The Labute approximate surface area is 171 Å². The van der Waals surface area contributed by atoms with Crippen molar-refractivity contribution in [3.8, 4) is 11.5 Å². The van der Waals surface area contributed by atoms with Gasteiger partial charge in [0.1, 0.15) is 6.54 Å². The Morgan fingerprint density at radius 2 is 1.72 bits per heavy atom. The van der Waals surface area contributed by atoms with Crippen LogP contribution in [0.3, 0.4) is 0 Å². The fourth-order valence-electron chi connectivity index (χ4n) is 3.35. The molecule has 0 spiro atoms. The normalized spacial score (nSPS) is 13.8. The highest BCUT2D eigenvalue weighted by Gasteiger charge is 2.32. The molecule has 2 aromatic rings. The largest absolute Gasteiger partial charge is 0.490 e. The summed E-state index contributed by atoms with van der Waals surface area (Å²) in [5.41, 5.74) is 2.78. The molecular weight excluding hydrogens is 368 g/mol. The Morgan fingerprint density at radius 1 is 1.07 bits per heavy atom. The topological polar surface area (TPSA) is 67.9 Å². The summed E-state index contributed by atoms with van der Waals surface area (Å²) in [6, 6.07) is 12.6. The van der Waals surface area contributed by atoms with Crippen molar-refractivity contribution < 1.29 is 19.1 Å². The lowest BCUT2D eigenvalue weighted by atomic mass is 10.1. The first-order valence-corrected chi connectivity index (χ1v) is 9.75.